The van der Waals surface area contributed by atoms with E-state index < -0.39 is 119 Å². The maximum absolute atomic E-state index is 15.4. The molecule has 17 heteroatoms. The van der Waals surface area contributed by atoms with Gasteiger partial charge in [-0.3, -0.25) is 9.59 Å². The van der Waals surface area contributed by atoms with E-state index in [1.807, 2.05) is 13.8 Å². The van der Waals surface area contributed by atoms with Crippen molar-refractivity contribution in [2.45, 2.75) is 141 Å². The number of ketones is 1. The molecule has 1 spiro atoms. The number of hydrogen-bond donors (Lipinski definition) is 2. The van der Waals surface area contributed by atoms with Crippen LogP contribution in [0.4, 0.5) is 9.59 Å². The Bertz CT molecular complexity index is 1900. The number of esters is 3. The van der Waals surface area contributed by atoms with Crippen LogP contribution in [0.2, 0.25) is 0 Å². The van der Waals surface area contributed by atoms with Crippen molar-refractivity contribution in [3.05, 3.63) is 47.0 Å². The van der Waals surface area contributed by atoms with Crippen molar-refractivity contribution >= 4 is 35.9 Å². The molecular weight excluding hydrogens is 786 g/mol. The molecule has 1 unspecified atom stereocenters. The largest absolute Gasteiger partial charge is 0.509 e. The average molecular weight is 844 g/mol. The summed E-state index contributed by atoms with van der Waals surface area (Å²) in [5, 5.41) is 14.2. The predicted octanol–water partition coefficient (Wildman–Crippen LogP) is 4.00. The SMILES string of the molecule is CO[C@H]1C(=O)C2[C@@H](OC)C[C@H]3OC[C@@]3(OC(C)=O)[C@H]2[C@H](OC(=O)c2ccccc2)[C@]23OC(=O)O[C@H]2[C@H](OC(=O)[C@H](O)[C@H](CC(C)C)NC(=O)OC(C)(C)C)C(C)=C1C3(C)C. The van der Waals surface area contributed by atoms with Gasteiger partial charge in [0.15, 0.2) is 35.8 Å². The molecular formula is C43H57NO16. The van der Waals surface area contributed by atoms with Crippen molar-refractivity contribution in [2.75, 3.05) is 20.8 Å². The van der Waals surface area contributed by atoms with Crippen molar-refractivity contribution in [1.29, 1.82) is 0 Å². The highest BCUT2D eigenvalue weighted by molar-refractivity contribution is 5.92. The van der Waals surface area contributed by atoms with Crippen molar-refractivity contribution in [2.24, 2.45) is 23.2 Å². The molecule has 5 aliphatic rings. The summed E-state index contributed by atoms with van der Waals surface area (Å²) in [5.74, 6) is -6.01. The van der Waals surface area contributed by atoms with Crippen molar-refractivity contribution in [3.8, 4) is 0 Å². The summed E-state index contributed by atoms with van der Waals surface area (Å²) in [4.78, 5) is 83.8. The minimum absolute atomic E-state index is 0.105. The fourth-order valence-electron chi connectivity index (χ4n) is 10.2. The minimum atomic E-state index is -2.16. The number of methoxy groups -OCH3 is 2. The first-order chi connectivity index (χ1) is 28.0. The molecule has 2 aliphatic heterocycles. The van der Waals surface area contributed by atoms with Crippen molar-refractivity contribution in [3.63, 3.8) is 0 Å². The first-order valence-electron chi connectivity index (χ1n) is 20.2. The van der Waals surface area contributed by atoms with Gasteiger partial charge in [0, 0.05) is 33.0 Å². The number of carbonyl (C=O) groups is 6. The van der Waals surface area contributed by atoms with Crippen LogP contribution in [0.1, 0.15) is 85.5 Å². The number of aliphatic hydroxyl groups is 1. The highest BCUT2D eigenvalue weighted by Crippen LogP contribution is 2.64. The lowest BCUT2D eigenvalue weighted by Gasteiger charge is -2.65. The Hall–Kier alpha value is -4.58. The van der Waals surface area contributed by atoms with Gasteiger partial charge >= 0.3 is 30.2 Å². The van der Waals surface area contributed by atoms with Crippen LogP contribution in [0, 0.1) is 23.2 Å². The molecule has 0 radical (unpaired) electrons. The highest BCUT2D eigenvalue weighted by atomic mass is 16.8. The molecule has 0 aromatic heterocycles. The number of aliphatic hydroxyl groups excluding tert-OH is 1. The zero-order valence-electron chi connectivity index (χ0n) is 35.9. The Labute approximate surface area is 349 Å². The van der Waals surface area contributed by atoms with E-state index >= 15 is 4.79 Å². The van der Waals surface area contributed by atoms with Crippen LogP contribution in [0.5, 0.6) is 0 Å². The summed E-state index contributed by atoms with van der Waals surface area (Å²) >= 11 is 0. The second-order valence-electron chi connectivity index (χ2n) is 18.2. The smallest absolute Gasteiger partial charge is 0.454 e. The lowest BCUT2D eigenvalue weighted by atomic mass is 9.48. The topological polar surface area (TPSA) is 218 Å². The Kier molecular flexibility index (Phi) is 12.3. The first-order valence-corrected chi connectivity index (χ1v) is 20.2. The molecule has 1 amide bonds. The van der Waals surface area contributed by atoms with Crippen LogP contribution < -0.4 is 5.32 Å². The third kappa shape index (κ3) is 7.55. The second kappa shape index (κ2) is 16.4. The molecule has 330 valence electrons. The molecule has 3 aliphatic carbocycles. The Balaban J connectivity index is 1.57. The van der Waals surface area contributed by atoms with Crippen LogP contribution >= 0.6 is 0 Å². The van der Waals surface area contributed by atoms with E-state index in [0.29, 0.717) is 0 Å². The van der Waals surface area contributed by atoms with E-state index in [1.54, 1.807) is 59.7 Å². The Morgan fingerprint density at radius 1 is 1.02 bits per heavy atom. The molecule has 6 rings (SSSR count). The number of amides is 1. The number of rotatable bonds is 11. The molecule has 12 atom stereocenters. The average Bonchev–Trinajstić information content (AvgIpc) is 3.52. The van der Waals surface area contributed by atoms with Crippen LogP contribution in [0.15, 0.2) is 41.5 Å². The number of carbonyl (C=O) groups excluding carboxylic acids is 6. The maximum Gasteiger partial charge on any atom is 0.509 e. The molecule has 2 heterocycles. The third-order valence-electron chi connectivity index (χ3n) is 12.5. The normalized spacial score (nSPS) is 33.8. The zero-order chi connectivity index (χ0) is 44.3. The van der Waals surface area contributed by atoms with E-state index in [4.69, 9.17) is 42.6 Å². The van der Waals surface area contributed by atoms with Gasteiger partial charge in [-0.05, 0) is 63.3 Å². The number of Topliss-reactive ketones (excluding diaryl/α,β-unsaturated/α-hetero) is 1. The van der Waals surface area contributed by atoms with Crippen molar-refractivity contribution in [1.82, 2.24) is 5.32 Å². The molecule has 1 aromatic rings. The van der Waals surface area contributed by atoms with E-state index in [0.717, 1.165) is 0 Å². The second-order valence-corrected chi connectivity index (χ2v) is 18.2. The van der Waals surface area contributed by atoms with Crippen LogP contribution in [-0.4, -0.2) is 127 Å². The molecule has 4 fully saturated rings. The summed E-state index contributed by atoms with van der Waals surface area (Å²) in [7, 11) is 2.74. The quantitative estimate of drug-likeness (QED) is 0.183. The first kappa shape index (κ1) is 45.0. The minimum Gasteiger partial charge on any atom is -0.454 e. The van der Waals surface area contributed by atoms with Gasteiger partial charge in [0.2, 0.25) is 5.60 Å². The number of ether oxygens (including phenoxy) is 9. The Morgan fingerprint density at radius 2 is 1.68 bits per heavy atom. The van der Waals surface area contributed by atoms with Crippen LogP contribution in [-0.2, 0) is 57.0 Å². The molecule has 1 aromatic carbocycles. The van der Waals surface area contributed by atoms with Gasteiger partial charge in [-0.1, -0.05) is 45.9 Å². The standard InChI is InChI=1S/C43H57NO16/c1-20(2)17-24(44-38(50)59-40(5,6)7)30(46)37(49)55-32-21(3)28-33(53-11)31(47)27-25(52-10)18-26-42(19-54-26,58-22(4)45)29(27)34(56-36(48)23-15-13-12-14-16-23)43(41(28,8)9)35(32)57-39(51)60-43/h12-16,20,24-27,29-30,32-35,46H,17-19H2,1-11H3,(H,44,50)/t24-,25-,26+,27?,29+,30+,32+,33+,34-,35-,42-,43-/m0/s1. The highest BCUT2D eigenvalue weighted by Gasteiger charge is 2.81. The van der Waals surface area contributed by atoms with Gasteiger partial charge in [-0.25, -0.2) is 19.2 Å². The lowest BCUT2D eigenvalue weighted by molar-refractivity contribution is -0.333. The predicted molar refractivity (Wildman–Crippen MR) is 207 cm³/mol. The summed E-state index contributed by atoms with van der Waals surface area (Å²) in [6.45, 7) is 14.6. The summed E-state index contributed by atoms with van der Waals surface area (Å²) in [5.41, 5.74) is -5.64. The van der Waals surface area contributed by atoms with E-state index in [1.165, 1.54) is 33.3 Å². The maximum atomic E-state index is 15.4. The van der Waals surface area contributed by atoms with Gasteiger partial charge < -0.3 is 53.1 Å². The fraction of sp³-hybridized carbons (Fsp3) is 0.674. The number of nitrogens with one attached hydrogen (secondary N) is 1. The van der Waals surface area contributed by atoms with Crippen LogP contribution in [0.25, 0.3) is 0 Å². The molecule has 2 N–H and O–H groups in total. The zero-order valence-corrected chi connectivity index (χ0v) is 35.9. The van der Waals surface area contributed by atoms with Crippen LogP contribution in [0.3, 0.4) is 0 Å². The molecule has 2 bridgehead atoms. The number of alkyl carbamates (subject to hydrolysis) is 1. The van der Waals surface area contributed by atoms with Gasteiger partial charge in [-0.15, -0.1) is 0 Å². The van der Waals surface area contributed by atoms with E-state index in [2.05, 4.69) is 5.32 Å². The number of benzene rings is 1. The van der Waals surface area contributed by atoms with Gasteiger partial charge in [0.05, 0.1) is 36.2 Å². The molecule has 2 saturated heterocycles. The van der Waals surface area contributed by atoms with Gasteiger partial charge in [-0.2, -0.15) is 0 Å². The lowest BCUT2D eigenvalue weighted by Crippen LogP contribution is -2.81. The fourth-order valence-corrected chi connectivity index (χ4v) is 10.2. The van der Waals surface area contributed by atoms with Gasteiger partial charge in [0.25, 0.3) is 0 Å². The summed E-state index contributed by atoms with van der Waals surface area (Å²) in [6, 6.07) is 6.80. The molecule has 60 heavy (non-hydrogen) atoms. The van der Waals surface area contributed by atoms with Gasteiger partial charge in [0.1, 0.15) is 17.8 Å². The summed E-state index contributed by atoms with van der Waals surface area (Å²) in [6.07, 6.45) is -11.9. The van der Waals surface area contributed by atoms with E-state index in [9.17, 15) is 29.1 Å². The molecule has 17 nitrogen and oxygen atoms in total. The van der Waals surface area contributed by atoms with E-state index in [-0.39, 0.29) is 42.1 Å². The van der Waals surface area contributed by atoms with Crippen molar-refractivity contribution < 1.29 is 76.5 Å². The third-order valence-corrected chi connectivity index (χ3v) is 12.5. The number of fused-ring (bicyclic) bond motifs is 4. The molecule has 2 saturated carbocycles. The Morgan fingerprint density at radius 3 is 2.23 bits per heavy atom. The monoisotopic (exact) mass is 843 g/mol. The summed E-state index contributed by atoms with van der Waals surface area (Å²) < 4.78 is 54.6. The number of hydrogen-bond acceptors (Lipinski definition) is 16.